The molecule has 0 aliphatic heterocycles. The molecule has 0 aliphatic carbocycles. The number of methoxy groups -OCH3 is 1. The van der Waals surface area contributed by atoms with E-state index in [1.807, 2.05) is 31.2 Å². The molecule has 0 heterocycles. The van der Waals surface area contributed by atoms with Crippen molar-refractivity contribution in [2.75, 3.05) is 14.2 Å². The highest BCUT2D eigenvalue weighted by Gasteiger charge is 2.03. The van der Waals surface area contributed by atoms with E-state index < -0.39 is 0 Å². The summed E-state index contributed by atoms with van der Waals surface area (Å²) >= 11 is 1.39. The van der Waals surface area contributed by atoms with Crippen molar-refractivity contribution in [1.29, 1.82) is 0 Å². The van der Waals surface area contributed by atoms with E-state index in [-0.39, 0.29) is 0 Å². The molecule has 0 unspecified atom stereocenters. The van der Waals surface area contributed by atoms with Crippen LogP contribution in [-0.4, -0.2) is 25.0 Å². The molecule has 20 heavy (non-hydrogen) atoms. The second-order valence-electron chi connectivity index (χ2n) is 3.93. The number of hydrazone groups is 1. The lowest BCUT2D eigenvalue weighted by atomic mass is 10.2. The van der Waals surface area contributed by atoms with Crippen molar-refractivity contribution in [1.82, 2.24) is 5.43 Å². The van der Waals surface area contributed by atoms with Gasteiger partial charge in [0.25, 0.3) is 0 Å². The first-order valence-electron chi connectivity index (χ1n) is 6.07. The number of amidine groups is 1. The zero-order valence-corrected chi connectivity index (χ0v) is 12.8. The fourth-order valence-corrected chi connectivity index (χ4v) is 2.07. The van der Waals surface area contributed by atoms with Crippen LogP contribution in [0.5, 0.6) is 5.75 Å². The predicted octanol–water partition coefficient (Wildman–Crippen LogP) is 2.35. The van der Waals surface area contributed by atoms with Crippen molar-refractivity contribution in [2.24, 2.45) is 15.8 Å². The average molecular weight is 292 g/mol. The summed E-state index contributed by atoms with van der Waals surface area (Å²) in [6.07, 6.45) is 0. The SMILES string of the molecule is C=C(S/C(C)=N/NC)C(N)=NCc1ccc(OC)cc1. The highest BCUT2D eigenvalue weighted by molar-refractivity contribution is 8.17. The maximum atomic E-state index is 5.90. The number of hydrogen-bond acceptors (Lipinski definition) is 5. The van der Waals surface area contributed by atoms with Gasteiger partial charge in [-0.3, -0.25) is 4.99 Å². The van der Waals surface area contributed by atoms with Crippen LogP contribution >= 0.6 is 11.8 Å². The molecule has 108 valence electrons. The minimum absolute atomic E-state index is 0.427. The van der Waals surface area contributed by atoms with Crippen LogP contribution in [0.25, 0.3) is 0 Å². The van der Waals surface area contributed by atoms with E-state index in [1.165, 1.54) is 11.8 Å². The van der Waals surface area contributed by atoms with Gasteiger partial charge in [-0.2, -0.15) is 5.10 Å². The monoisotopic (exact) mass is 292 g/mol. The molecule has 3 N–H and O–H groups in total. The summed E-state index contributed by atoms with van der Waals surface area (Å²) in [6, 6.07) is 7.71. The Morgan fingerprint density at radius 3 is 2.60 bits per heavy atom. The van der Waals surface area contributed by atoms with Crippen molar-refractivity contribution in [2.45, 2.75) is 13.5 Å². The highest BCUT2D eigenvalue weighted by atomic mass is 32.2. The molecule has 0 aromatic heterocycles. The summed E-state index contributed by atoms with van der Waals surface area (Å²) in [7, 11) is 3.38. The second-order valence-corrected chi connectivity index (χ2v) is 5.22. The van der Waals surface area contributed by atoms with E-state index in [9.17, 15) is 0 Å². The largest absolute Gasteiger partial charge is 0.497 e. The number of hydrogen-bond donors (Lipinski definition) is 2. The summed E-state index contributed by atoms with van der Waals surface area (Å²) in [5.41, 5.74) is 9.67. The van der Waals surface area contributed by atoms with Gasteiger partial charge in [0.15, 0.2) is 0 Å². The standard InChI is InChI=1S/C14H20N4OS/c1-10(20-11(2)18-16-3)14(15)17-9-12-5-7-13(19-4)8-6-12/h5-8,16H,1,9H2,2-4H3,(H2,15,17)/b18-11+. The minimum Gasteiger partial charge on any atom is -0.497 e. The van der Waals surface area contributed by atoms with Crippen molar-refractivity contribution >= 4 is 22.6 Å². The normalized spacial score (nSPS) is 12.2. The fourth-order valence-electron chi connectivity index (χ4n) is 1.41. The summed E-state index contributed by atoms with van der Waals surface area (Å²) in [6.45, 7) is 6.28. The molecule has 0 spiro atoms. The van der Waals surface area contributed by atoms with Gasteiger partial charge in [0, 0.05) is 12.0 Å². The Labute approximate surface area is 124 Å². The van der Waals surface area contributed by atoms with Gasteiger partial charge >= 0.3 is 0 Å². The van der Waals surface area contributed by atoms with E-state index in [0.29, 0.717) is 17.3 Å². The van der Waals surface area contributed by atoms with Crippen LogP contribution in [0.2, 0.25) is 0 Å². The molecule has 1 rings (SSSR count). The van der Waals surface area contributed by atoms with Crippen LogP contribution in [0.1, 0.15) is 12.5 Å². The Morgan fingerprint density at radius 2 is 2.05 bits per heavy atom. The van der Waals surface area contributed by atoms with Crippen LogP contribution in [0.3, 0.4) is 0 Å². The first-order chi connectivity index (χ1) is 9.56. The molecule has 0 saturated heterocycles. The number of aliphatic imine (C=N–C) groups is 1. The molecule has 0 aliphatic rings. The number of nitrogens with zero attached hydrogens (tertiary/aromatic N) is 2. The van der Waals surface area contributed by atoms with Gasteiger partial charge in [0.05, 0.1) is 18.7 Å². The third-order valence-electron chi connectivity index (χ3n) is 2.42. The second kappa shape index (κ2) is 8.27. The predicted molar refractivity (Wildman–Crippen MR) is 87.2 cm³/mol. The number of benzene rings is 1. The molecule has 5 nitrogen and oxygen atoms in total. The fraction of sp³-hybridized carbons (Fsp3) is 0.286. The lowest BCUT2D eigenvalue weighted by molar-refractivity contribution is 0.414. The molecule has 1 aromatic carbocycles. The van der Waals surface area contributed by atoms with E-state index in [0.717, 1.165) is 16.4 Å². The number of rotatable bonds is 6. The first kappa shape index (κ1) is 16.1. The van der Waals surface area contributed by atoms with Gasteiger partial charge in [-0.15, -0.1) is 0 Å². The Bertz CT molecular complexity index is 508. The Hall–Kier alpha value is -1.95. The summed E-state index contributed by atoms with van der Waals surface area (Å²) < 4.78 is 5.10. The van der Waals surface area contributed by atoms with Gasteiger partial charge < -0.3 is 15.9 Å². The number of ether oxygens (including phenoxy) is 1. The third-order valence-corrected chi connectivity index (χ3v) is 3.26. The van der Waals surface area contributed by atoms with Crippen molar-refractivity contribution in [3.63, 3.8) is 0 Å². The summed E-state index contributed by atoms with van der Waals surface area (Å²) in [5.74, 6) is 1.25. The van der Waals surface area contributed by atoms with Crippen molar-refractivity contribution in [3.8, 4) is 5.75 Å². The third kappa shape index (κ3) is 5.36. The van der Waals surface area contributed by atoms with Crippen molar-refractivity contribution < 1.29 is 4.74 Å². The Balaban J connectivity index is 2.59. The maximum absolute atomic E-state index is 5.90. The molecule has 0 saturated carbocycles. The van der Waals surface area contributed by atoms with Crippen molar-refractivity contribution in [3.05, 3.63) is 41.3 Å². The van der Waals surface area contributed by atoms with Gasteiger partial charge in [0.1, 0.15) is 11.6 Å². The average Bonchev–Trinajstić information content (AvgIpc) is 2.45. The van der Waals surface area contributed by atoms with Crippen LogP contribution < -0.4 is 15.9 Å². The topological polar surface area (TPSA) is 72.0 Å². The van der Waals surface area contributed by atoms with Gasteiger partial charge in [-0.25, -0.2) is 0 Å². The zero-order chi connectivity index (χ0) is 15.0. The van der Waals surface area contributed by atoms with Crippen LogP contribution in [0.4, 0.5) is 0 Å². The molecule has 0 fully saturated rings. The van der Waals surface area contributed by atoms with E-state index >= 15 is 0 Å². The maximum Gasteiger partial charge on any atom is 0.132 e. The van der Waals surface area contributed by atoms with E-state index in [4.69, 9.17) is 10.5 Å². The highest BCUT2D eigenvalue weighted by Crippen LogP contribution is 2.16. The quantitative estimate of drug-likeness (QED) is 0.479. The lowest BCUT2D eigenvalue weighted by Gasteiger charge is -2.05. The zero-order valence-electron chi connectivity index (χ0n) is 12.0. The molecule has 1 aromatic rings. The first-order valence-corrected chi connectivity index (χ1v) is 6.89. The number of nitrogens with two attached hydrogens (primary N) is 1. The molecule has 0 bridgehead atoms. The van der Waals surface area contributed by atoms with Crippen LogP contribution in [0.15, 0.2) is 45.8 Å². The smallest absolute Gasteiger partial charge is 0.132 e. The number of nitrogens with one attached hydrogen (secondary N) is 1. The van der Waals surface area contributed by atoms with E-state index in [1.54, 1.807) is 14.2 Å². The Morgan fingerprint density at radius 1 is 1.40 bits per heavy atom. The van der Waals surface area contributed by atoms with Gasteiger partial charge in [-0.1, -0.05) is 30.5 Å². The Kier molecular flexibility index (Phi) is 6.66. The molecular weight excluding hydrogens is 272 g/mol. The summed E-state index contributed by atoms with van der Waals surface area (Å²) in [4.78, 5) is 5.01. The summed E-state index contributed by atoms with van der Waals surface area (Å²) in [5, 5.41) is 4.86. The minimum atomic E-state index is 0.427. The molecule has 0 atom stereocenters. The number of thioether (sulfide) groups is 1. The molecule has 6 heteroatoms. The van der Waals surface area contributed by atoms with E-state index in [2.05, 4.69) is 22.1 Å². The van der Waals surface area contributed by atoms with Crippen LogP contribution in [-0.2, 0) is 6.54 Å². The molecular formula is C14H20N4OS. The lowest BCUT2D eigenvalue weighted by Crippen LogP contribution is -2.14. The molecule has 0 amide bonds. The van der Waals surface area contributed by atoms with Gasteiger partial charge in [0.2, 0.25) is 0 Å². The van der Waals surface area contributed by atoms with Gasteiger partial charge in [-0.05, 0) is 24.6 Å². The van der Waals surface area contributed by atoms with Crippen LogP contribution in [0, 0.1) is 0 Å². The molecule has 0 radical (unpaired) electrons.